The van der Waals surface area contributed by atoms with Crippen molar-refractivity contribution in [1.82, 2.24) is 19.9 Å². The van der Waals surface area contributed by atoms with Gasteiger partial charge in [0.1, 0.15) is 0 Å². The Kier molecular flexibility index (Phi) is 2.68. The van der Waals surface area contributed by atoms with Crippen LogP contribution in [-0.2, 0) is 0 Å². The second-order valence-electron chi connectivity index (χ2n) is 4.31. The summed E-state index contributed by atoms with van der Waals surface area (Å²) >= 11 is 0. The van der Waals surface area contributed by atoms with E-state index < -0.39 is 0 Å². The van der Waals surface area contributed by atoms with Gasteiger partial charge in [-0.1, -0.05) is 12.5 Å². The average Bonchev–Trinajstić information content (AvgIpc) is 2.83. The van der Waals surface area contributed by atoms with Gasteiger partial charge in [0.15, 0.2) is 11.5 Å². The lowest BCUT2D eigenvalue weighted by Crippen LogP contribution is -2.27. The van der Waals surface area contributed by atoms with E-state index in [1.165, 1.54) is 12.8 Å². The number of hydrogen-bond donors (Lipinski definition) is 1. The predicted molar refractivity (Wildman–Crippen MR) is 64.1 cm³/mol. The molecule has 0 radical (unpaired) electrons. The van der Waals surface area contributed by atoms with Crippen molar-refractivity contribution >= 4 is 5.65 Å². The molecule has 3 rings (SSSR count). The van der Waals surface area contributed by atoms with Crippen LogP contribution in [0.3, 0.4) is 0 Å². The quantitative estimate of drug-likeness (QED) is 0.853. The van der Waals surface area contributed by atoms with Crippen LogP contribution in [0.25, 0.3) is 5.65 Å². The summed E-state index contributed by atoms with van der Waals surface area (Å²) in [4.78, 5) is 4.55. The molecule has 1 unspecified atom stereocenters. The maximum Gasteiger partial charge on any atom is 0.216 e. The van der Waals surface area contributed by atoms with Gasteiger partial charge in [-0.05, 0) is 25.5 Å². The van der Waals surface area contributed by atoms with Gasteiger partial charge in [0, 0.05) is 6.07 Å². The lowest BCUT2D eigenvalue weighted by atomic mass is 10.0. The Bertz CT molecular complexity index is 516. The third-order valence-electron chi connectivity index (χ3n) is 3.17. The van der Waals surface area contributed by atoms with Gasteiger partial charge in [-0.15, -0.1) is 5.10 Å². The van der Waals surface area contributed by atoms with Crippen LogP contribution in [-0.4, -0.2) is 28.3 Å². The molecule has 3 heterocycles. The predicted octanol–water partition coefficient (Wildman–Crippen LogP) is 1.55. The number of ether oxygens (including phenoxy) is 1. The zero-order valence-electron chi connectivity index (χ0n) is 9.89. The van der Waals surface area contributed by atoms with Crippen LogP contribution in [0.15, 0.2) is 18.2 Å². The highest BCUT2D eigenvalue weighted by Gasteiger charge is 2.19. The van der Waals surface area contributed by atoms with E-state index in [9.17, 15) is 0 Å². The molecule has 1 atom stereocenters. The maximum absolute atomic E-state index is 5.27. The van der Waals surface area contributed by atoms with Gasteiger partial charge >= 0.3 is 0 Å². The Morgan fingerprint density at radius 2 is 2.35 bits per heavy atom. The molecular weight excluding hydrogens is 216 g/mol. The second kappa shape index (κ2) is 4.33. The highest BCUT2D eigenvalue weighted by molar-refractivity contribution is 5.41. The van der Waals surface area contributed by atoms with E-state index in [1.54, 1.807) is 11.6 Å². The van der Waals surface area contributed by atoms with Crippen molar-refractivity contribution in [2.24, 2.45) is 0 Å². The highest BCUT2D eigenvalue weighted by atomic mass is 16.5. The maximum atomic E-state index is 5.27. The molecule has 0 saturated carbocycles. The molecule has 0 amide bonds. The van der Waals surface area contributed by atoms with E-state index in [4.69, 9.17) is 4.74 Å². The Morgan fingerprint density at radius 3 is 3.12 bits per heavy atom. The summed E-state index contributed by atoms with van der Waals surface area (Å²) in [6, 6.07) is 6.05. The van der Waals surface area contributed by atoms with Crippen LogP contribution in [0.1, 0.15) is 31.1 Å². The van der Waals surface area contributed by atoms with Crippen molar-refractivity contribution in [1.29, 1.82) is 0 Å². The summed E-state index contributed by atoms with van der Waals surface area (Å²) in [5.74, 6) is 1.59. The number of nitrogens with one attached hydrogen (secondary N) is 1. The van der Waals surface area contributed by atoms with Crippen LogP contribution in [0.5, 0.6) is 5.88 Å². The Labute approximate surface area is 99.8 Å². The molecule has 5 heteroatoms. The molecule has 1 saturated heterocycles. The number of methoxy groups -OCH3 is 1. The van der Waals surface area contributed by atoms with E-state index in [0.29, 0.717) is 0 Å². The smallest absolute Gasteiger partial charge is 0.216 e. The van der Waals surface area contributed by atoms with Gasteiger partial charge in [-0.25, -0.2) is 4.98 Å². The topological polar surface area (TPSA) is 51.5 Å². The van der Waals surface area contributed by atoms with Crippen molar-refractivity contribution in [2.75, 3.05) is 13.7 Å². The molecule has 0 bridgehead atoms. The van der Waals surface area contributed by atoms with Crippen molar-refractivity contribution < 1.29 is 4.74 Å². The standard InChI is InChI=1S/C12H16N4O/c1-17-11-7-4-6-10-14-12(15-16(10)11)9-5-2-3-8-13-9/h4,6-7,9,13H,2-3,5,8H2,1H3. The summed E-state index contributed by atoms with van der Waals surface area (Å²) in [6.45, 7) is 1.05. The van der Waals surface area contributed by atoms with Crippen LogP contribution in [0.4, 0.5) is 0 Å². The fourth-order valence-corrected chi connectivity index (χ4v) is 2.27. The van der Waals surface area contributed by atoms with Crippen LogP contribution in [0.2, 0.25) is 0 Å². The number of aromatic nitrogens is 3. The number of piperidine rings is 1. The van der Waals surface area contributed by atoms with E-state index >= 15 is 0 Å². The van der Waals surface area contributed by atoms with Crippen molar-refractivity contribution in [3.63, 3.8) is 0 Å². The Balaban J connectivity index is 2.00. The third kappa shape index (κ3) is 1.86. The van der Waals surface area contributed by atoms with Crippen LogP contribution >= 0.6 is 0 Å². The SMILES string of the molecule is COc1cccc2nc(C3CCCCN3)nn12. The van der Waals surface area contributed by atoms with Gasteiger partial charge in [0.05, 0.1) is 13.2 Å². The highest BCUT2D eigenvalue weighted by Crippen LogP contribution is 2.22. The summed E-state index contributed by atoms with van der Waals surface area (Å²) < 4.78 is 7.02. The molecule has 1 N–H and O–H groups in total. The number of hydrogen-bond acceptors (Lipinski definition) is 4. The minimum Gasteiger partial charge on any atom is -0.481 e. The summed E-state index contributed by atoms with van der Waals surface area (Å²) in [5, 5.41) is 7.98. The molecule has 0 aromatic carbocycles. The summed E-state index contributed by atoms with van der Waals surface area (Å²) in [5.41, 5.74) is 0.840. The zero-order chi connectivity index (χ0) is 11.7. The van der Waals surface area contributed by atoms with Crippen molar-refractivity contribution in [3.05, 3.63) is 24.0 Å². The molecule has 1 aliphatic rings. The fraction of sp³-hybridized carbons (Fsp3) is 0.500. The number of fused-ring (bicyclic) bond motifs is 1. The Morgan fingerprint density at radius 1 is 1.41 bits per heavy atom. The third-order valence-corrected chi connectivity index (χ3v) is 3.17. The molecule has 5 nitrogen and oxygen atoms in total. The van der Waals surface area contributed by atoms with Crippen molar-refractivity contribution in [2.45, 2.75) is 25.3 Å². The minimum atomic E-state index is 0.286. The second-order valence-corrected chi connectivity index (χ2v) is 4.31. The van der Waals surface area contributed by atoms with Gasteiger partial charge in [0.25, 0.3) is 0 Å². The van der Waals surface area contributed by atoms with E-state index in [-0.39, 0.29) is 6.04 Å². The lowest BCUT2D eigenvalue weighted by Gasteiger charge is -2.20. The Hall–Kier alpha value is -1.62. The summed E-state index contributed by atoms with van der Waals surface area (Å²) in [7, 11) is 1.65. The first-order valence-corrected chi connectivity index (χ1v) is 6.01. The molecule has 2 aromatic rings. The average molecular weight is 232 g/mol. The first kappa shape index (κ1) is 10.5. The number of nitrogens with zero attached hydrogens (tertiary/aromatic N) is 3. The minimum absolute atomic E-state index is 0.286. The first-order chi connectivity index (χ1) is 8.38. The van der Waals surface area contributed by atoms with Gasteiger partial charge in [0.2, 0.25) is 5.88 Å². The lowest BCUT2D eigenvalue weighted by molar-refractivity contribution is 0.378. The molecule has 17 heavy (non-hydrogen) atoms. The molecule has 90 valence electrons. The molecule has 0 spiro atoms. The summed E-state index contributed by atoms with van der Waals surface area (Å²) in [6.07, 6.45) is 3.59. The first-order valence-electron chi connectivity index (χ1n) is 6.01. The monoisotopic (exact) mass is 232 g/mol. The van der Waals surface area contributed by atoms with E-state index in [0.717, 1.165) is 30.3 Å². The molecule has 1 fully saturated rings. The number of rotatable bonds is 2. The van der Waals surface area contributed by atoms with Gasteiger partial charge < -0.3 is 10.1 Å². The van der Waals surface area contributed by atoms with Gasteiger partial charge in [-0.3, -0.25) is 0 Å². The molecular formula is C12H16N4O. The molecule has 0 aliphatic carbocycles. The molecule has 1 aliphatic heterocycles. The van der Waals surface area contributed by atoms with Crippen molar-refractivity contribution in [3.8, 4) is 5.88 Å². The normalized spacial score (nSPS) is 20.6. The fourth-order valence-electron chi connectivity index (χ4n) is 2.27. The van der Waals surface area contributed by atoms with Crippen LogP contribution in [0, 0.1) is 0 Å². The van der Waals surface area contributed by atoms with E-state index in [1.807, 2.05) is 18.2 Å². The van der Waals surface area contributed by atoms with E-state index in [2.05, 4.69) is 15.4 Å². The van der Waals surface area contributed by atoms with Gasteiger partial charge in [-0.2, -0.15) is 4.52 Å². The largest absolute Gasteiger partial charge is 0.481 e. The van der Waals surface area contributed by atoms with Crippen LogP contribution < -0.4 is 10.1 Å². The number of pyridine rings is 1. The molecule has 2 aromatic heterocycles. The zero-order valence-corrected chi connectivity index (χ0v) is 9.89.